The number of hydrogen-bond acceptors (Lipinski definition) is 4. The van der Waals surface area contributed by atoms with Crippen molar-refractivity contribution in [2.75, 3.05) is 13.1 Å². The van der Waals surface area contributed by atoms with Crippen LogP contribution in [0.1, 0.15) is 46.6 Å². The minimum Gasteiger partial charge on any atom is -0.444 e. The van der Waals surface area contributed by atoms with E-state index in [1.165, 1.54) is 0 Å². The van der Waals surface area contributed by atoms with Crippen LogP contribution in [0.4, 0.5) is 4.79 Å². The normalized spacial score (nSPS) is 12.6. The Morgan fingerprint density at radius 3 is 2.33 bits per heavy atom. The molecule has 1 atom stereocenters. The van der Waals surface area contributed by atoms with Gasteiger partial charge in [-0.25, -0.2) is 4.79 Å². The molecule has 0 unspecified atom stereocenters. The first-order chi connectivity index (χ1) is 12.5. The van der Waals surface area contributed by atoms with Crippen LogP contribution in [0.3, 0.4) is 0 Å². The van der Waals surface area contributed by atoms with E-state index >= 15 is 0 Å². The Kier molecular flexibility index (Phi) is 9.06. The molecule has 0 radical (unpaired) electrons. The molecule has 27 heavy (non-hydrogen) atoms. The molecule has 0 aliphatic heterocycles. The average molecular weight is 398 g/mol. The fourth-order valence-corrected chi connectivity index (χ4v) is 2.65. The molecular weight excluding hydrogens is 366 g/mol. The molecule has 0 aliphatic rings. The number of nitrogens with one attached hydrogen (secondary N) is 1. The molecule has 0 saturated carbocycles. The van der Waals surface area contributed by atoms with Crippen LogP contribution in [-0.2, 0) is 16.1 Å². The maximum atomic E-state index is 12.8. The summed E-state index contributed by atoms with van der Waals surface area (Å²) in [5.41, 5.74) is 6.47. The molecule has 0 bridgehead atoms. The summed E-state index contributed by atoms with van der Waals surface area (Å²) in [6.07, 6.45) is 0.1000. The molecule has 1 rings (SSSR count). The van der Waals surface area contributed by atoms with Gasteiger partial charge in [0, 0.05) is 24.7 Å². The van der Waals surface area contributed by atoms with Crippen LogP contribution in [0.15, 0.2) is 24.3 Å². The number of carbonyl (C=O) groups is 2. The van der Waals surface area contributed by atoms with Crippen LogP contribution in [0.5, 0.6) is 0 Å². The van der Waals surface area contributed by atoms with Gasteiger partial charge in [0.15, 0.2) is 0 Å². The molecule has 0 saturated heterocycles. The van der Waals surface area contributed by atoms with E-state index in [2.05, 4.69) is 5.32 Å². The lowest BCUT2D eigenvalue weighted by Gasteiger charge is -2.27. The van der Waals surface area contributed by atoms with Crippen molar-refractivity contribution >= 4 is 23.6 Å². The second kappa shape index (κ2) is 10.5. The van der Waals surface area contributed by atoms with Gasteiger partial charge >= 0.3 is 6.09 Å². The van der Waals surface area contributed by atoms with Gasteiger partial charge in [-0.05, 0) is 50.8 Å². The molecule has 152 valence electrons. The van der Waals surface area contributed by atoms with Crippen molar-refractivity contribution in [3.63, 3.8) is 0 Å². The predicted octanol–water partition coefficient (Wildman–Crippen LogP) is 3.57. The molecule has 0 spiro atoms. The Labute approximate surface area is 167 Å². The lowest BCUT2D eigenvalue weighted by molar-refractivity contribution is -0.133. The Bertz CT molecular complexity index is 612. The van der Waals surface area contributed by atoms with Crippen molar-refractivity contribution in [2.45, 2.75) is 59.2 Å². The first kappa shape index (κ1) is 23.2. The fourth-order valence-electron chi connectivity index (χ4n) is 2.53. The summed E-state index contributed by atoms with van der Waals surface area (Å²) < 4.78 is 5.22. The van der Waals surface area contributed by atoms with Gasteiger partial charge in [0.05, 0.1) is 6.04 Å². The highest BCUT2D eigenvalue weighted by atomic mass is 35.5. The van der Waals surface area contributed by atoms with Gasteiger partial charge in [0.2, 0.25) is 5.91 Å². The highest BCUT2D eigenvalue weighted by molar-refractivity contribution is 6.30. The van der Waals surface area contributed by atoms with Crippen LogP contribution in [0, 0.1) is 5.92 Å². The molecule has 6 nitrogen and oxygen atoms in total. The van der Waals surface area contributed by atoms with Crippen LogP contribution >= 0.6 is 11.6 Å². The highest BCUT2D eigenvalue weighted by Crippen LogP contribution is 2.13. The molecule has 1 aromatic rings. The number of hydrogen-bond donors (Lipinski definition) is 2. The molecule has 2 amide bonds. The number of nitrogens with zero attached hydrogens (tertiary/aromatic N) is 1. The molecule has 7 heteroatoms. The lowest BCUT2D eigenvalue weighted by Crippen LogP contribution is -2.47. The molecular formula is C20H32ClN3O3. The monoisotopic (exact) mass is 397 g/mol. The summed E-state index contributed by atoms with van der Waals surface area (Å²) in [6.45, 7) is 10.5. The largest absolute Gasteiger partial charge is 0.444 e. The standard InChI is InChI=1S/C20H32ClN3O3/c1-14(2)12-17(22)18(25)24(13-15-6-8-16(21)9-7-15)11-10-23-19(26)27-20(3,4)5/h6-9,14,17H,10-13,22H2,1-5H3,(H,23,26)/t17-/m0/s1. The van der Waals surface area contributed by atoms with Crippen LogP contribution in [-0.4, -0.2) is 41.6 Å². The van der Waals surface area contributed by atoms with Crippen molar-refractivity contribution in [1.82, 2.24) is 10.2 Å². The van der Waals surface area contributed by atoms with E-state index in [-0.39, 0.29) is 12.5 Å². The maximum Gasteiger partial charge on any atom is 0.407 e. The molecule has 0 fully saturated rings. The van der Waals surface area contributed by atoms with Gasteiger partial charge in [-0.3, -0.25) is 4.79 Å². The second-order valence-corrected chi connectivity index (χ2v) is 8.49. The maximum absolute atomic E-state index is 12.8. The second-order valence-electron chi connectivity index (χ2n) is 8.05. The van der Waals surface area contributed by atoms with E-state index in [0.29, 0.717) is 30.5 Å². The number of ether oxygens (including phenoxy) is 1. The lowest BCUT2D eigenvalue weighted by atomic mass is 10.0. The number of halogens is 1. The quantitative estimate of drug-likeness (QED) is 0.702. The van der Waals surface area contributed by atoms with Crippen molar-refractivity contribution < 1.29 is 14.3 Å². The smallest absolute Gasteiger partial charge is 0.407 e. The number of amides is 2. The summed E-state index contributed by atoms with van der Waals surface area (Å²) in [5.74, 6) is 0.186. The van der Waals surface area contributed by atoms with Crippen LogP contribution in [0.25, 0.3) is 0 Å². The number of alkyl carbamates (subject to hydrolysis) is 1. The number of benzene rings is 1. The third-order valence-corrected chi connectivity index (χ3v) is 3.94. The van der Waals surface area contributed by atoms with Gasteiger partial charge in [-0.15, -0.1) is 0 Å². The van der Waals surface area contributed by atoms with E-state index in [9.17, 15) is 9.59 Å². The van der Waals surface area contributed by atoms with Gasteiger partial charge in [0.25, 0.3) is 0 Å². The Hall–Kier alpha value is -1.79. The number of carbonyl (C=O) groups excluding carboxylic acids is 2. The zero-order valence-electron chi connectivity index (χ0n) is 16.9. The molecule has 0 aliphatic carbocycles. The highest BCUT2D eigenvalue weighted by Gasteiger charge is 2.22. The zero-order valence-corrected chi connectivity index (χ0v) is 17.7. The summed E-state index contributed by atoms with van der Waals surface area (Å²) in [7, 11) is 0. The SMILES string of the molecule is CC(C)C[C@H](N)C(=O)N(CCNC(=O)OC(C)(C)C)Cc1ccc(Cl)cc1. The van der Waals surface area contributed by atoms with E-state index < -0.39 is 17.7 Å². The third kappa shape index (κ3) is 9.63. The molecule has 0 heterocycles. The topological polar surface area (TPSA) is 84.7 Å². The average Bonchev–Trinajstić information content (AvgIpc) is 2.52. The van der Waals surface area contributed by atoms with Crippen molar-refractivity contribution in [1.29, 1.82) is 0 Å². The van der Waals surface area contributed by atoms with Gasteiger partial charge in [-0.1, -0.05) is 37.6 Å². The Morgan fingerprint density at radius 2 is 1.81 bits per heavy atom. The van der Waals surface area contributed by atoms with Gasteiger partial charge in [0.1, 0.15) is 5.60 Å². The Balaban J connectivity index is 2.73. The summed E-state index contributed by atoms with van der Waals surface area (Å²) >= 11 is 5.93. The molecule has 0 aromatic heterocycles. The van der Waals surface area contributed by atoms with Crippen molar-refractivity contribution in [3.8, 4) is 0 Å². The van der Waals surface area contributed by atoms with Crippen molar-refractivity contribution in [2.24, 2.45) is 11.7 Å². The van der Waals surface area contributed by atoms with Crippen LogP contribution < -0.4 is 11.1 Å². The van der Waals surface area contributed by atoms with E-state index in [4.69, 9.17) is 22.1 Å². The first-order valence-electron chi connectivity index (χ1n) is 9.23. The summed E-state index contributed by atoms with van der Waals surface area (Å²) in [5, 5.41) is 3.32. The third-order valence-electron chi connectivity index (χ3n) is 3.69. The first-order valence-corrected chi connectivity index (χ1v) is 9.61. The number of rotatable bonds is 8. The van der Waals surface area contributed by atoms with E-state index in [0.717, 1.165) is 5.56 Å². The molecule has 3 N–H and O–H groups in total. The molecule has 1 aromatic carbocycles. The summed E-state index contributed by atoms with van der Waals surface area (Å²) in [6, 6.07) is 6.74. The van der Waals surface area contributed by atoms with Crippen molar-refractivity contribution in [3.05, 3.63) is 34.9 Å². The van der Waals surface area contributed by atoms with Gasteiger partial charge in [-0.2, -0.15) is 0 Å². The van der Waals surface area contributed by atoms with E-state index in [1.54, 1.807) is 37.8 Å². The fraction of sp³-hybridized carbons (Fsp3) is 0.600. The zero-order chi connectivity index (χ0) is 20.6. The number of nitrogens with two attached hydrogens (primary N) is 1. The van der Waals surface area contributed by atoms with Crippen LogP contribution in [0.2, 0.25) is 5.02 Å². The van der Waals surface area contributed by atoms with E-state index in [1.807, 2.05) is 26.0 Å². The Morgan fingerprint density at radius 1 is 1.22 bits per heavy atom. The van der Waals surface area contributed by atoms with Gasteiger partial charge < -0.3 is 20.7 Å². The minimum atomic E-state index is -0.571. The summed E-state index contributed by atoms with van der Waals surface area (Å²) in [4.78, 5) is 26.3. The minimum absolute atomic E-state index is 0.135. The predicted molar refractivity (Wildman–Crippen MR) is 109 cm³/mol.